The van der Waals surface area contributed by atoms with Crippen molar-refractivity contribution in [1.29, 1.82) is 0 Å². The fourth-order valence-electron chi connectivity index (χ4n) is 8.13. The molecule has 2 aliphatic rings. The minimum absolute atomic E-state index is 0.177. The zero-order chi connectivity index (χ0) is 26.8. The lowest BCUT2D eigenvalue weighted by Gasteiger charge is -2.40. The Morgan fingerprint density at radius 3 is 1.37 bits per heavy atom. The lowest BCUT2D eigenvalue weighted by molar-refractivity contribution is 0.487. The molecule has 0 amide bonds. The smallest absolute Gasteiger partial charge is 0.0695 e. The highest BCUT2D eigenvalue weighted by molar-refractivity contribution is 7.67. The number of benzene rings is 3. The standard InChI is InChI=1S/C36H48BP/c1-25-21-27(3)35(28(4)22-25)37(36-29(5)23-26(2)24-30(36)6)33-19-13-14-20-34(33)38(31-15-9-7-10-16-31)32-17-11-8-12-18-32/h13-14,19-24,31-32H,7-12,15-18H2,1-6H3. The minimum atomic E-state index is -0.177. The Morgan fingerprint density at radius 1 is 0.553 bits per heavy atom. The first-order valence-corrected chi connectivity index (χ1v) is 16.9. The summed E-state index contributed by atoms with van der Waals surface area (Å²) in [6, 6.07) is 19.5. The van der Waals surface area contributed by atoms with Crippen LogP contribution in [-0.4, -0.2) is 18.0 Å². The Balaban J connectivity index is 1.75. The number of hydrogen-bond acceptors (Lipinski definition) is 0. The van der Waals surface area contributed by atoms with Crippen LogP contribution in [-0.2, 0) is 0 Å². The van der Waals surface area contributed by atoms with Crippen molar-refractivity contribution >= 4 is 36.3 Å². The van der Waals surface area contributed by atoms with Crippen LogP contribution in [0.3, 0.4) is 0 Å². The third-order valence-corrected chi connectivity index (χ3v) is 13.1. The zero-order valence-corrected chi connectivity index (χ0v) is 25.8. The van der Waals surface area contributed by atoms with E-state index < -0.39 is 0 Å². The van der Waals surface area contributed by atoms with E-state index in [9.17, 15) is 0 Å². The van der Waals surface area contributed by atoms with Crippen molar-refractivity contribution in [3.8, 4) is 0 Å². The van der Waals surface area contributed by atoms with Gasteiger partial charge in [0.15, 0.2) is 0 Å². The molecule has 3 aromatic carbocycles. The summed E-state index contributed by atoms with van der Waals surface area (Å²) in [4.78, 5) is 0. The van der Waals surface area contributed by atoms with Crippen molar-refractivity contribution in [2.45, 2.75) is 117 Å². The average Bonchev–Trinajstić information content (AvgIpc) is 2.88. The molecule has 0 spiro atoms. The Hall–Kier alpha value is -1.85. The predicted octanol–water partition coefficient (Wildman–Crippen LogP) is 7.83. The highest BCUT2D eigenvalue weighted by Gasteiger charge is 2.37. The van der Waals surface area contributed by atoms with Crippen LogP contribution in [0.2, 0.25) is 0 Å². The predicted molar refractivity (Wildman–Crippen MR) is 173 cm³/mol. The molecular formula is C36H48BP. The van der Waals surface area contributed by atoms with E-state index in [0.717, 1.165) is 11.3 Å². The van der Waals surface area contributed by atoms with Gasteiger partial charge >= 0.3 is 0 Å². The molecular weight excluding hydrogens is 474 g/mol. The lowest BCUT2D eigenvalue weighted by Crippen LogP contribution is -2.59. The fraction of sp³-hybridized carbons (Fsp3) is 0.500. The van der Waals surface area contributed by atoms with Crippen LogP contribution in [0.25, 0.3) is 0 Å². The molecule has 0 N–H and O–H groups in total. The Morgan fingerprint density at radius 2 is 0.947 bits per heavy atom. The molecule has 38 heavy (non-hydrogen) atoms. The molecule has 5 rings (SSSR count). The van der Waals surface area contributed by atoms with Crippen molar-refractivity contribution in [2.24, 2.45) is 0 Å². The first kappa shape index (κ1) is 27.7. The Bertz CT molecular complexity index is 1140. The monoisotopic (exact) mass is 522 g/mol. The number of aryl methyl sites for hydroxylation is 6. The maximum Gasteiger partial charge on any atom is 0.243 e. The minimum Gasteiger partial charge on any atom is -0.0695 e. The van der Waals surface area contributed by atoms with Crippen molar-refractivity contribution in [3.63, 3.8) is 0 Å². The number of rotatable bonds is 6. The third-order valence-electron chi connectivity index (χ3n) is 9.52. The summed E-state index contributed by atoms with van der Waals surface area (Å²) >= 11 is 0. The maximum atomic E-state index is 2.58. The van der Waals surface area contributed by atoms with Gasteiger partial charge in [-0.05, 0) is 83.8 Å². The van der Waals surface area contributed by atoms with Gasteiger partial charge in [0.05, 0.1) is 0 Å². The van der Waals surface area contributed by atoms with Crippen LogP contribution >= 0.6 is 7.92 Å². The van der Waals surface area contributed by atoms with Crippen molar-refractivity contribution in [2.75, 3.05) is 0 Å². The van der Waals surface area contributed by atoms with Gasteiger partial charge in [0.25, 0.3) is 0 Å². The molecule has 0 aliphatic heterocycles. The summed E-state index contributed by atoms with van der Waals surface area (Å²) in [5.74, 6) is 0. The average molecular weight is 523 g/mol. The maximum absolute atomic E-state index is 2.58. The van der Waals surface area contributed by atoms with Gasteiger partial charge in [-0.3, -0.25) is 0 Å². The van der Waals surface area contributed by atoms with Crippen LogP contribution in [0.1, 0.15) is 97.6 Å². The van der Waals surface area contributed by atoms with E-state index in [0.29, 0.717) is 6.71 Å². The van der Waals surface area contributed by atoms with Crippen LogP contribution in [0.5, 0.6) is 0 Å². The van der Waals surface area contributed by atoms with E-state index in [2.05, 4.69) is 90.1 Å². The van der Waals surface area contributed by atoms with Crippen molar-refractivity contribution in [1.82, 2.24) is 0 Å². The molecule has 0 nitrogen and oxygen atoms in total. The van der Waals surface area contributed by atoms with Gasteiger partial charge in [0.2, 0.25) is 6.71 Å². The van der Waals surface area contributed by atoms with Gasteiger partial charge in [-0.1, -0.05) is 145 Å². The van der Waals surface area contributed by atoms with Crippen LogP contribution in [0.4, 0.5) is 0 Å². The Kier molecular flexibility index (Phi) is 8.84. The van der Waals surface area contributed by atoms with Crippen molar-refractivity contribution in [3.05, 3.63) is 81.9 Å². The molecule has 0 unspecified atom stereocenters. The molecule has 0 saturated heterocycles. The second-order valence-electron chi connectivity index (χ2n) is 12.6. The molecule has 0 radical (unpaired) electrons. The summed E-state index contributed by atoms with van der Waals surface area (Å²) in [6.07, 6.45) is 14.4. The van der Waals surface area contributed by atoms with Crippen LogP contribution in [0, 0.1) is 41.5 Å². The summed E-state index contributed by atoms with van der Waals surface area (Å²) < 4.78 is 0. The van der Waals surface area contributed by atoms with Crippen LogP contribution < -0.4 is 21.7 Å². The normalized spacial score (nSPS) is 17.2. The van der Waals surface area contributed by atoms with E-state index in [1.807, 2.05) is 0 Å². The summed E-state index contributed by atoms with van der Waals surface area (Å²) in [7, 11) is -0.177. The van der Waals surface area contributed by atoms with Gasteiger partial charge in [-0.25, -0.2) is 0 Å². The highest BCUT2D eigenvalue weighted by atomic mass is 31.1. The molecule has 0 heterocycles. The quantitative estimate of drug-likeness (QED) is 0.229. The first-order chi connectivity index (χ1) is 18.3. The van der Waals surface area contributed by atoms with E-state index >= 15 is 0 Å². The number of hydrogen-bond donors (Lipinski definition) is 0. The van der Waals surface area contributed by atoms with E-state index in [4.69, 9.17) is 0 Å². The van der Waals surface area contributed by atoms with E-state index in [1.54, 1.807) is 21.7 Å². The van der Waals surface area contributed by atoms with Crippen LogP contribution in [0.15, 0.2) is 48.5 Å². The molecule has 2 saturated carbocycles. The summed E-state index contributed by atoms with van der Waals surface area (Å²) in [6.45, 7) is 14.2. The molecule has 2 heteroatoms. The van der Waals surface area contributed by atoms with E-state index in [-0.39, 0.29) is 7.92 Å². The molecule has 0 bridgehead atoms. The summed E-state index contributed by atoms with van der Waals surface area (Å²) in [5.41, 5.74) is 15.0. The first-order valence-electron chi connectivity index (χ1n) is 15.4. The van der Waals surface area contributed by atoms with Gasteiger partial charge in [-0.2, -0.15) is 0 Å². The molecule has 0 atom stereocenters. The third kappa shape index (κ3) is 5.70. The fourth-order valence-corrected chi connectivity index (χ4v) is 12.1. The second-order valence-corrected chi connectivity index (χ2v) is 15.4. The zero-order valence-electron chi connectivity index (χ0n) is 24.9. The van der Waals surface area contributed by atoms with E-state index in [1.165, 1.54) is 97.6 Å². The highest BCUT2D eigenvalue weighted by Crippen LogP contribution is 2.54. The second kappa shape index (κ2) is 12.1. The van der Waals surface area contributed by atoms with Gasteiger partial charge in [0, 0.05) is 0 Å². The topological polar surface area (TPSA) is 0 Å². The Labute approximate surface area is 234 Å². The lowest BCUT2D eigenvalue weighted by atomic mass is 9.34. The molecule has 3 aromatic rings. The largest absolute Gasteiger partial charge is 0.243 e. The van der Waals surface area contributed by atoms with Crippen molar-refractivity contribution < 1.29 is 0 Å². The van der Waals surface area contributed by atoms with Gasteiger partial charge in [0.1, 0.15) is 0 Å². The molecule has 2 aliphatic carbocycles. The summed E-state index contributed by atoms with van der Waals surface area (Å²) in [5, 5.41) is 1.74. The molecule has 0 aromatic heterocycles. The van der Waals surface area contributed by atoms with Gasteiger partial charge < -0.3 is 0 Å². The van der Waals surface area contributed by atoms with Gasteiger partial charge in [-0.15, -0.1) is 0 Å². The molecule has 200 valence electrons. The molecule has 2 fully saturated rings. The SMILES string of the molecule is Cc1cc(C)c(B(c2ccccc2P(C2CCCCC2)C2CCCCC2)c2c(C)cc(C)cc2C)c(C)c1.